The van der Waals surface area contributed by atoms with Crippen LogP contribution in [0.15, 0.2) is 29.2 Å². The van der Waals surface area contributed by atoms with Crippen LogP contribution in [-0.2, 0) is 14.7 Å². The first-order valence-corrected chi connectivity index (χ1v) is 7.05. The minimum Gasteiger partial charge on any atom is -0.277 e. The summed E-state index contributed by atoms with van der Waals surface area (Å²) in [6.45, 7) is 0. The second kappa shape index (κ2) is 4.07. The summed E-state index contributed by atoms with van der Waals surface area (Å²) in [6, 6.07) is 7.23. The van der Waals surface area contributed by atoms with Crippen molar-refractivity contribution in [3.63, 3.8) is 0 Å². The molecule has 1 aromatic rings. The Morgan fingerprint density at radius 2 is 2.06 bits per heavy atom. The molecule has 0 saturated heterocycles. The second-order valence-electron chi connectivity index (χ2n) is 4.01. The van der Waals surface area contributed by atoms with Crippen molar-refractivity contribution in [2.45, 2.75) is 23.8 Å². The van der Waals surface area contributed by atoms with Crippen LogP contribution in [0, 0.1) is 0 Å². The average molecular weight is 241 g/mol. The molecule has 1 aliphatic carbocycles. The molecule has 1 fully saturated rings. The van der Waals surface area contributed by atoms with Gasteiger partial charge >= 0.3 is 0 Å². The maximum Gasteiger partial charge on any atom is 0.175 e. The largest absolute Gasteiger partial charge is 0.277 e. The van der Waals surface area contributed by atoms with E-state index in [9.17, 15) is 8.42 Å². The fourth-order valence-electron chi connectivity index (χ4n) is 1.63. The van der Waals surface area contributed by atoms with Crippen molar-refractivity contribution in [1.82, 2.24) is 0 Å². The van der Waals surface area contributed by atoms with Crippen molar-refractivity contribution in [2.24, 2.45) is 0 Å². The van der Waals surface area contributed by atoms with Gasteiger partial charge in [-0.05, 0) is 31.0 Å². The first-order valence-electron chi connectivity index (χ1n) is 5.16. The second-order valence-corrected chi connectivity index (χ2v) is 6.02. The van der Waals surface area contributed by atoms with Gasteiger partial charge in [0.25, 0.3) is 0 Å². The Balaban J connectivity index is 2.34. The summed E-state index contributed by atoms with van der Waals surface area (Å²) in [5.74, 6) is 0. The van der Waals surface area contributed by atoms with Crippen LogP contribution in [0.3, 0.4) is 0 Å². The molecular weight excluding hydrogens is 226 g/mol. The molecule has 1 aliphatic rings. The van der Waals surface area contributed by atoms with E-state index in [0.29, 0.717) is 10.9 Å². The Kier molecular flexibility index (Phi) is 2.90. The minimum absolute atomic E-state index is 0.327. The summed E-state index contributed by atoms with van der Waals surface area (Å²) in [6.07, 6.45) is 3.40. The minimum atomic E-state index is -3.15. The molecule has 1 aromatic carbocycles. The number of benzene rings is 1. The molecule has 88 valence electrons. The van der Waals surface area contributed by atoms with Crippen molar-refractivity contribution in [3.05, 3.63) is 24.3 Å². The van der Waals surface area contributed by atoms with E-state index in [4.69, 9.17) is 4.84 Å². The zero-order valence-electron chi connectivity index (χ0n) is 9.38. The SMILES string of the molecule is CON(c1cccc(S(C)(=O)=O)c1)C1CC1. The molecule has 0 spiro atoms. The Bertz CT molecular complexity index is 480. The maximum atomic E-state index is 11.4. The van der Waals surface area contributed by atoms with Gasteiger partial charge in [0.2, 0.25) is 0 Å². The van der Waals surface area contributed by atoms with Crippen LogP contribution in [0.1, 0.15) is 12.8 Å². The fourth-order valence-corrected chi connectivity index (χ4v) is 2.29. The molecule has 1 saturated carbocycles. The summed E-state index contributed by atoms with van der Waals surface area (Å²) in [5, 5.41) is 1.77. The van der Waals surface area contributed by atoms with Crippen LogP contribution in [-0.4, -0.2) is 27.8 Å². The molecule has 0 aliphatic heterocycles. The molecule has 0 N–H and O–H groups in total. The summed E-state index contributed by atoms with van der Waals surface area (Å²) in [7, 11) is -1.55. The first-order chi connectivity index (χ1) is 7.52. The molecule has 4 nitrogen and oxygen atoms in total. The van der Waals surface area contributed by atoms with Crippen LogP contribution in [0.25, 0.3) is 0 Å². The monoisotopic (exact) mass is 241 g/mol. The molecular formula is C11H15NO3S. The number of nitrogens with zero attached hydrogens (tertiary/aromatic N) is 1. The number of hydrogen-bond acceptors (Lipinski definition) is 4. The number of rotatable bonds is 4. The van der Waals surface area contributed by atoms with Crippen molar-refractivity contribution in [2.75, 3.05) is 18.4 Å². The number of sulfone groups is 1. The molecule has 0 bridgehead atoms. The van der Waals surface area contributed by atoms with E-state index >= 15 is 0 Å². The third-order valence-corrected chi connectivity index (χ3v) is 3.69. The molecule has 0 heterocycles. The zero-order valence-corrected chi connectivity index (χ0v) is 10.2. The lowest BCUT2D eigenvalue weighted by atomic mass is 10.3. The third kappa shape index (κ3) is 2.36. The Labute approximate surface area is 95.7 Å². The highest BCUT2D eigenvalue weighted by Crippen LogP contribution is 2.32. The van der Waals surface area contributed by atoms with Gasteiger partial charge in [-0.3, -0.25) is 9.90 Å². The normalized spacial score (nSPS) is 16.1. The van der Waals surface area contributed by atoms with Gasteiger partial charge in [0.05, 0.1) is 23.7 Å². The van der Waals surface area contributed by atoms with Gasteiger partial charge in [0.1, 0.15) is 0 Å². The Morgan fingerprint density at radius 3 is 2.56 bits per heavy atom. The topological polar surface area (TPSA) is 46.6 Å². The first kappa shape index (κ1) is 11.4. The molecule has 0 atom stereocenters. The standard InChI is InChI=1S/C11H15NO3S/c1-15-12(9-6-7-9)10-4-3-5-11(8-10)16(2,13)14/h3-5,8-9H,6-7H2,1-2H3. The molecule has 16 heavy (non-hydrogen) atoms. The highest BCUT2D eigenvalue weighted by atomic mass is 32.2. The molecule has 0 amide bonds. The summed E-state index contributed by atoms with van der Waals surface area (Å²) >= 11 is 0. The van der Waals surface area contributed by atoms with Crippen molar-refractivity contribution < 1.29 is 13.3 Å². The van der Waals surface area contributed by atoms with Crippen LogP contribution in [0.5, 0.6) is 0 Å². The van der Waals surface area contributed by atoms with E-state index in [0.717, 1.165) is 18.5 Å². The highest BCUT2D eigenvalue weighted by Gasteiger charge is 2.30. The van der Waals surface area contributed by atoms with E-state index in [-0.39, 0.29) is 0 Å². The lowest BCUT2D eigenvalue weighted by molar-refractivity contribution is 0.162. The Hall–Kier alpha value is -1.07. The zero-order chi connectivity index (χ0) is 11.8. The lowest BCUT2D eigenvalue weighted by Gasteiger charge is -2.21. The van der Waals surface area contributed by atoms with Crippen LogP contribution in [0.2, 0.25) is 0 Å². The van der Waals surface area contributed by atoms with Gasteiger partial charge < -0.3 is 0 Å². The van der Waals surface area contributed by atoms with Gasteiger partial charge in [0.15, 0.2) is 9.84 Å². The molecule has 0 unspecified atom stereocenters. The van der Waals surface area contributed by atoms with Crippen molar-refractivity contribution in [1.29, 1.82) is 0 Å². The molecule has 2 rings (SSSR count). The summed E-state index contributed by atoms with van der Waals surface area (Å²) < 4.78 is 22.8. The number of hydrogen-bond donors (Lipinski definition) is 0. The van der Waals surface area contributed by atoms with E-state index in [1.54, 1.807) is 30.4 Å². The van der Waals surface area contributed by atoms with Gasteiger partial charge in [-0.25, -0.2) is 8.42 Å². The summed E-state index contributed by atoms with van der Waals surface area (Å²) in [5.41, 5.74) is 0.799. The van der Waals surface area contributed by atoms with Crippen LogP contribution in [0.4, 0.5) is 5.69 Å². The van der Waals surface area contributed by atoms with Crippen molar-refractivity contribution in [3.8, 4) is 0 Å². The fraction of sp³-hybridized carbons (Fsp3) is 0.455. The predicted octanol–water partition coefficient (Wildman–Crippen LogP) is 1.62. The quantitative estimate of drug-likeness (QED) is 0.751. The van der Waals surface area contributed by atoms with Crippen LogP contribution < -0.4 is 5.06 Å². The van der Waals surface area contributed by atoms with E-state index in [2.05, 4.69) is 0 Å². The average Bonchev–Trinajstić information content (AvgIpc) is 3.02. The molecule has 0 aromatic heterocycles. The maximum absolute atomic E-state index is 11.4. The van der Waals surface area contributed by atoms with E-state index in [1.165, 1.54) is 6.26 Å². The predicted molar refractivity (Wildman–Crippen MR) is 62.1 cm³/mol. The van der Waals surface area contributed by atoms with Gasteiger partial charge in [-0.15, -0.1) is 0 Å². The van der Waals surface area contributed by atoms with Gasteiger partial charge in [-0.2, -0.15) is 0 Å². The molecule has 5 heteroatoms. The van der Waals surface area contributed by atoms with Crippen LogP contribution >= 0.6 is 0 Å². The Morgan fingerprint density at radius 1 is 1.38 bits per heavy atom. The highest BCUT2D eigenvalue weighted by molar-refractivity contribution is 7.90. The van der Waals surface area contributed by atoms with Gasteiger partial charge in [0, 0.05) is 6.26 Å². The van der Waals surface area contributed by atoms with Crippen molar-refractivity contribution >= 4 is 15.5 Å². The van der Waals surface area contributed by atoms with E-state index < -0.39 is 9.84 Å². The lowest BCUT2D eigenvalue weighted by Crippen LogP contribution is -2.24. The molecule has 0 radical (unpaired) electrons. The summed E-state index contributed by atoms with van der Waals surface area (Å²) in [4.78, 5) is 5.59. The smallest absolute Gasteiger partial charge is 0.175 e. The van der Waals surface area contributed by atoms with E-state index in [1.807, 2.05) is 6.07 Å². The number of hydroxylamine groups is 1. The number of anilines is 1. The third-order valence-electron chi connectivity index (χ3n) is 2.58. The van der Waals surface area contributed by atoms with Gasteiger partial charge in [-0.1, -0.05) is 6.07 Å².